The van der Waals surface area contributed by atoms with Crippen LogP contribution in [0.5, 0.6) is 0 Å². The maximum atomic E-state index is 11.7. The Kier molecular flexibility index (Phi) is 12.0. The Hall–Kier alpha value is -3.45. The third-order valence-electron chi connectivity index (χ3n) is 5.79. The Morgan fingerprint density at radius 2 is 1.00 bits per heavy atom. The van der Waals surface area contributed by atoms with Crippen molar-refractivity contribution in [3.8, 4) is 22.5 Å². The quantitative estimate of drug-likeness (QED) is 0.190. The van der Waals surface area contributed by atoms with Crippen molar-refractivity contribution in [3.63, 3.8) is 0 Å². The molecule has 0 atom stereocenters. The Labute approximate surface area is 284 Å². The zero-order chi connectivity index (χ0) is 29.3. The van der Waals surface area contributed by atoms with Crippen molar-refractivity contribution in [2.24, 2.45) is 0 Å². The van der Waals surface area contributed by atoms with Crippen LogP contribution in [0.25, 0.3) is 22.5 Å². The number of rotatable bonds is 6. The van der Waals surface area contributed by atoms with Crippen molar-refractivity contribution in [2.75, 3.05) is 10.6 Å². The molecule has 2 heterocycles. The van der Waals surface area contributed by atoms with Crippen LogP contribution in [0.4, 0.5) is 10.3 Å². The fourth-order valence-corrected chi connectivity index (χ4v) is 5.84. The van der Waals surface area contributed by atoms with E-state index in [0.717, 1.165) is 41.7 Å². The summed E-state index contributed by atoms with van der Waals surface area (Å²) < 4.78 is 1.75. The van der Waals surface area contributed by atoms with Gasteiger partial charge in [0, 0.05) is 71.2 Å². The van der Waals surface area contributed by atoms with Crippen LogP contribution >= 0.6 is 54.5 Å². The third-order valence-corrected chi connectivity index (χ3v) is 8.33. The van der Waals surface area contributed by atoms with Crippen LogP contribution < -0.4 is 10.6 Å². The second-order valence-corrected chi connectivity index (χ2v) is 12.3. The van der Waals surface area contributed by atoms with E-state index in [4.69, 9.17) is 0 Å². The molecule has 1 radical (unpaired) electrons. The molecule has 43 heavy (non-hydrogen) atoms. The fraction of sp³-hybridized carbons (Fsp3) is 0. The summed E-state index contributed by atoms with van der Waals surface area (Å²) in [5, 5.41) is 11.7. The van der Waals surface area contributed by atoms with Gasteiger partial charge in [0.2, 0.25) is 0 Å². The molecule has 11 heteroatoms. The second-order valence-electron chi connectivity index (χ2n) is 8.75. The molecular formula is C32H22Br2CoN4O2S2. The number of anilines is 2. The SMILES string of the molecule is O=C1C=CC(Br)=C/C1=C/Nc1nc(-c2ccccc2)cs1.O=C1C=CC(Br)=C/C1=C/Nc1nc(-c2ccccc2)cs1.[Co]. The molecule has 0 amide bonds. The smallest absolute Gasteiger partial charge is 0.187 e. The van der Waals surface area contributed by atoms with Gasteiger partial charge in [-0.1, -0.05) is 92.5 Å². The largest absolute Gasteiger partial charge is 0.337 e. The molecule has 2 aromatic heterocycles. The van der Waals surface area contributed by atoms with Crippen molar-refractivity contribution >= 4 is 76.4 Å². The number of allylic oxidation sites excluding steroid dienone is 10. The number of nitrogens with one attached hydrogen (secondary N) is 2. The van der Waals surface area contributed by atoms with Gasteiger partial charge in [0.1, 0.15) is 0 Å². The van der Waals surface area contributed by atoms with Gasteiger partial charge in [-0.25, -0.2) is 9.97 Å². The summed E-state index contributed by atoms with van der Waals surface area (Å²) in [6.45, 7) is 0. The molecule has 0 spiro atoms. The summed E-state index contributed by atoms with van der Waals surface area (Å²) in [5.74, 6) is -0.0453. The Morgan fingerprint density at radius 1 is 0.605 bits per heavy atom. The molecule has 0 unspecified atom stereocenters. The number of halogens is 2. The van der Waals surface area contributed by atoms with Crippen LogP contribution in [0.2, 0.25) is 0 Å². The van der Waals surface area contributed by atoms with Crippen LogP contribution in [-0.2, 0) is 26.4 Å². The molecule has 0 aliphatic heterocycles. The summed E-state index contributed by atoms with van der Waals surface area (Å²) in [7, 11) is 0. The molecule has 2 aliphatic carbocycles. The maximum absolute atomic E-state index is 11.7. The van der Waals surface area contributed by atoms with Crippen LogP contribution in [0.3, 0.4) is 0 Å². The van der Waals surface area contributed by atoms with E-state index >= 15 is 0 Å². The minimum absolute atomic E-state index is 0. The number of ketones is 2. The molecule has 2 aliphatic rings. The number of hydrogen-bond donors (Lipinski definition) is 2. The van der Waals surface area contributed by atoms with Crippen molar-refractivity contribution in [3.05, 3.63) is 140 Å². The molecule has 2 aromatic carbocycles. The van der Waals surface area contributed by atoms with Gasteiger partial charge in [-0.15, -0.1) is 22.7 Å². The predicted molar refractivity (Wildman–Crippen MR) is 181 cm³/mol. The zero-order valence-corrected chi connectivity index (χ0v) is 28.0. The summed E-state index contributed by atoms with van der Waals surface area (Å²) >= 11 is 9.73. The normalized spacial score (nSPS) is 15.8. The third kappa shape index (κ3) is 9.26. The van der Waals surface area contributed by atoms with Gasteiger partial charge in [0.25, 0.3) is 0 Å². The van der Waals surface area contributed by atoms with Crippen molar-refractivity contribution in [1.29, 1.82) is 0 Å². The average Bonchev–Trinajstić information content (AvgIpc) is 3.70. The van der Waals surface area contributed by atoms with Gasteiger partial charge >= 0.3 is 0 Å². The number of carbonyl (C=O) groups excluding carboxylic acids is 2. The molecule has 6 rings (SSSR count). The van der Waals surface area contributed by atoms with Gasteiger partial charge in [-0.3, -0.25) is 9.59 Å². The molecule has 0 bridgehead atoms. The molecule has 0 saturated carbocycles. The first kappa shape index (κ1) is 32.5. The first-order valence-electron chi connectivity index (χ1n) is 12.6. The van der Waals surface area contributed by atoms with Gasteiger partial charge in [0.15, 0.2) is 21.8 Å². The zero-order valence-electron chi connectivity index (χ0n) is 22.2. The molecule has 4 aromatic rings. The van der Waals surface area contributed by atoms with E-state index in [1.807, 2.05) is 71.4 Å². The molecule has 2 N–H and O–H groups in total. The van der Waals surface area contributed by atoms with Crippen molar-refractivity contribution in [1.82, 2.24) is 9.97 Å². The van der Waals surface area contributed by atoms with Gasteiger partial charge in [0.05, 0.1) is 11.4 Å². The molecule has 217 valence electrons. The fourth-order valence-electron chi connectivity index (χ4n) is 3.71. The monoisotopic (exact) mass is 775 g/mol. The first-order valence-corrected chi connectivity index (χ1v) is 15.9. The molecular weight excluding hydrogens is 755 g/mol. The van der Waals surface area contributed by atoms with Gasteiger partial charge < -0.3 is 10.6 Å². The second kappa shape index (κ2) is 15.9. The van der Waals surface area contributed by atoms with Crippen molar-refractivity contribution < 1.29 is 26.4 Å². The van der Waals surface area contributed by atoms with E-state index in [2.05, 4.69) is 52.5 Å². The standard InChI is InChI=1S/2C16H11BrN2OS.Co/c2*17-13-6-7-15(20)12(8-13)9-18-16-19-14(10-21-16)11-4-2-1-3-5-11;/h2*1-10H,(H,18,19);/b2*12-9-;. The minimum atomic E-state index is -0.0226. The number of aromatic nitrogens is 2. The van der Waals surface area contributed by atoms with E-state index in [-0.39, 0.29) is 28.3 Å². The minimum Gasteiger partial charge on any atom is -0.337 e. The molecule has 0 fully saturated rings. The van der Waals surface area contributed by atoms with Gasteiger partial charge in [-0.05, 0) is 36.5 Å². The summed E-state index contributed by atoms with van der Waals surface area (Å²) in [6.07, 6.45) is 13.5. The topological polar surface area (TPSA) is 84.0 Å². The Morgan fingerprint density at radius 3 is 1.40 bits per heavy atom. The van der Waals surface area contributed by atoms with Crippen LogP contribution in [0.1, 0.15) is 0 Å². The molecule has 6 nitrogen and oxygen atoms in total. The number of thiazole rings is 2. The van der Waals surface area contributed by atoms with E-state index in [1.54, 1.807) is 36.7 Å². The Bertz CT molecular complexity index is 1660. The van der Waals surface area contributed by atoms with E-state index in [9.17, 15) is 9.59 Å². The van der Waals surface area contributed by atoms with E-state index in [0.29, 0.717) is 11.1 Å². The predicted octanol–water partition coefficient (Wildman–Crippen LogP) is 9.04. The number of carbonyl (C=O) groups is 2. The van der Waals surface area contributed by atoms with E-state index in [1.165, 1.54) is 34.8 Å². The van der Waals surface area contributed by atoms with E-state index < -0.39 is 0 Å². The summed E-state index contributed by atoms with van der Waals surface area (Å²) in [5.41, 5.74) is 5.20. The average molecular weight is 777 g/mol. The summed E-state index contributed by atoms with van der Waals surface area (Å²) in [6, 6.07) is 20.0. The number of nitrogens with zero attached hydrogens (tertiary/aromatic N) is 2. The maximum Gasteiger partial charge on any atom is 0.187 e. The van der Waals surface area contributed by atoms with Crippen LogP contribution in [0.15, 0.2) is 140 Å². The number of hydrogen-bond acceptors (Lipinski definition) is 8. The van der Waals surface area contributed by atoms with Crippen LogP contribution in [0, 0.1) is 0 Å². The number of benzene rings is 2. The van der Waals surface area contributed by atoms with Crippen LogP contribution in [-0.4, -0.2) is 21.5 Å². The molecule has 0 saturated heterocycles. The Balaban J connectivity index is 0.000000192. The van der Waals surface area contributed by atoms with Crippen molar-refractivity contribution in [2.45, 2.75) is 0 Å². The van der Waals surface area contributed by atoms with Gasteiger partial charge in [-0.2, -0.15) is 0 Å². The first-order chi connectivity index (χ1) is 20.4. The summed E-state index contributed by atoms with van der Waals surface area (Å²) in [4.78, 5) is 32.4.